The van der Waals surface area contributed by atoms with Crippen molar-refractivity contribution >= 4 is 40.6 Å². The van der Waals surface area contributed by atoms with Gasteiger partial charge in [-0.05, 0) is 92.1 Å². The first-order chi connectivity index (χ1) is 16.3. The molecule has 1 aromatic heterocycles. The van der Waals surface area contributed by atoms with Crippen LogP contribution in [0.25, 0.3) is 11.8 Å². The Hall–Kier alpha value is -3.58. The second-order valence-corrected chi connectivity index (χ2v) is 9.19. The number of amidine groups is 1. The van der Waals surface area contributed by atoms with Gasteiger partial charge in [0.2, 0.25) is 0 Å². The summed E-state index contributed by atoms with van der Waals surface area (Å²) in [5, 5.41) is 3.42. The van der Waals surface area contributed by atoms with E-state index in [9.17, 15) is 9.59 Å². The van der Waals surface area contributed by atoms with E-state index in [1.54, 1.807) is 6.07 Å². The van der Waals surface area contributed by atoms with E-state index in [0.717, 1.165) is 40.3 Å². The van der Waals surface area contributed by atoms with Gasteiger partial charge in [0.05, 0.1) is 23.3 Å². The number of benzene rings is 2. The van der Waals surface area contributed by atoms with Crippen LogP contribution in [0.1, 0.15) is 45.4 Å². The van der Waals surface area contributed by atoms with Gasteiger partial charge >= 0.3 is 5.97 Å². The molecular weight excluding hydrogens is 446 g/mol. The van der Waals surface area contributed by atoms with E-state index in [1.807, 2.05) is 69.3 Å². The molecular formula is C27H27N3O3S. The highest BCUT2D eigenvalue weighted by Gasteiger charge is 2.25. The molecule has 4 rings (SSSR count). The summed E-state index contributed by atoms with van der Waals surface area (Å²) in [6.07, 6.45) is 2.86. The molecule has 6 nitrogen and oxygen atoms in total. The minimum atomic E-state index is -0.374. The van der Waals surface area contributed by atoms with E-state index >= 15 is 0 Å². The number of methoxy groups -OCH3 is 1. The number of aromatic nitrogens is 1. The molecule has 1 fully saturated rings. The minimum absolute atomic E-state index is 0.164. The van der Waals surface area contributed by atoms with Crippen LogP contribution < -0.4 is 5.32 Å². The number of hydrogen-bond acceptors (Lipinski definition) is 5. The number of esters is 1. The van der Waals surface area contributed by atoms with Crippen molar-refractivity contribution in [1.29, 1.82) is 0 Å². The lowest BCUT2D eigenvalue weighted by Gasteiger charge is -2.14. The molecule has 1 saturated heterocycles. The van der Waals surface area contributed by atoms with Crippen molar-refractivity contribution in [1.82, 2.24) is 9.88 Å². The molecule has 0 aliphatic carbocycles. The van der Waals surface area contributed by atoms with Crippen LogP contribution in [0.4, 0.5) is 5.69 Å². The van der Waals surface area contributed by atoms with Crippen LogP contribution in [0.5, 0.6) is 0 Å². The molecule has 2 heterocycles. The van der Waals surface area contributed by atoms with Crippen molar-refractivity contribution in [3.8, 4) is 5.69 Å². The Kier molecular flexibility index (Phi) is 6.75. The normalized spacial score (nSPS) is 15.7. The van der Waals surface area contributed by atoms with Gasteiger partial charge in [0.15, 0.2) is 5.17 Å². The summed E-state index contributed by atoms with van der Waals surface area (Å²) in [5.41, 5.74) is 7.40. The Morgan fingerprint density at radius 2 is 1.85 bits per heavy atom. The van der Waals surface area contributed by atoms with Crippen LogP contribution in [0, 0.1) is 20.8 Å². The maximum atomic E-state index is 12.6. The molecule has 0 unspecified atom stereocenters. The lowest BCUT2D eigenvalue weighted by molar-refractivity contribution is -0.115. The molecule has 0 bridgehead atoms. The zero-order valence-electron chi connectivity index (χ0n) is 19.9. The van der Waals surface area contributed by atoms with Crippen molar-refractivity contribution in [3.05, 3.63) is 87.1 Å². The molecule has 174 valence electrons. The average Bonchev–Trinajstić information content (AvgIpc) is 3.31. The highest BCUT2D eigenvalue weighted by atomic mass is 32.2. The van der Waals surface area contributed by atoms with Crippen LogP contribution in [0.3, 0.4) is 0 Å². The Morgan fingerprint density at radius 1 is 1.12 bits per heavy atom. The Balaban J connectivity index is 1.65. The molecule has 3 aromatic rings. The van der Waals surface area contributed by atoms with Gasteiger partial charge in [-0.2, -0.15) is 0 Å². The zero-order chi connectivity index (χ0) is 24.4. The molecule has 0 spiro atoms. The molecule has 1 aliphatic heterocycles. The lowest BCUT2D eigenvalue weighted by atomic mass is 10.1. The lowest BCUT2D eigenvalue weighted by Crippen LogP contribution is -2.19. The standard InChI is InChI=1S/C27H27N3O3S/c1-6-19-8-11-22(12-9-19)28-27-29-25(31)24(34-27)15-21-13-17(3)30(18(21)4)23-14-20(26(32)33-5)10-7-16(23)2/h7-15H,6H2,1-5H3,(H,28,29,31)/b24-15-. The molecule has 0 atom stereocenters. The largest absolute Gasteiger partial charge is 0.465 e. The maximum absolute atomic E-state index is 12.6. The fourth-order valence-corrected chi connectivity index (χ4v) is 4.78. The molecule has 0 saturated carbocycles. The van der Waals surface area contributed by atoms with Crippen LogP contribution in [0.15, 0.2) is 58.4 Å². The second kappa shape index (κ2) is 9.73. The monoisotopic (exact) mass is 473 g/mol. The molecule has 2 aromatic carbocycles. The first-order valence-electron chi connectivity index (χ1n) is 11.1. The third-order valence-electron chi connectivity index (χ3n) is 5.85. The van der Waals surface area contributed by atoms with Gasteiger partial charge in [-0.15, -0.1) is 0 Å². The van der Waals surface area contributed by atoms with Crippen LogP contribution in [0.2, 0.25) is 0 Å². The van der Waals surface area contributed by atoms with E-state index in [4.69, 9.17) is 4.74 Å². The second-order valence-electron chi connectivity index (χ2n) is 8.16. The molecule has 1 amide bonds. The third-order valence-corrected chi connectivity index (χ3v) is 6.76. The van der Waals surface area contributed by atoms with Crippen LogP contribution in [-0.2, 0) is 16.0 Å². The number of carbonyl (C=O) groups is 2. The van der Waals surface area contributed by atoms with Gasteiger partial charge in [0.25, 0.3) is 5.91 Å². The quantitative estimate of drug-likeness (QED) is 0.384. The zero-order valence-corrected chi connectivity index (χ0v) is 20.7. The fraction of sp³-hybridized carbons (Fsp3) is 0.222. The molecule has 34 heavy (non-hydrogen) atoms. The Bertz CT molecular complexity index is 1330. The van der Waals surface area contributed by atoms with E-state index in [-0.39, 0.29) is 11.9 Å². The number of nitrogens with zero attached hydrogens (tertiary/aromatic N) is 2. The summed E-state index contributed by atoms with van der Waals surface area (Å²) >= 11 is 1.33. The maximum Gasteiger partial charge on any atom is 0.337 e. The van der Waals surface area contributed by atoms with Crippen LogP contribution in [-0.4, -0.2) is 28.7 Å². The predicted octanol–water partition coefficient (Wildman–Crippen LogP) is 5.64. The van der Waals surface area contributed by atoms with E-state index in [0.29, 0.717) is 15.6 Å². The van der Waals surface area contributed by atoms with Crippen molar-refractivity contribution in [3.63, 3.8) is 0 Å². The van der Waals surface area contributed by atoms with Gasteiger partial charge in [0, 0.05) is 17.1 Å². The number of thioether (sulfide) groups is 1. The summed E-state index contributed by atoms with van der Waals surface area (Å²) in [7, 11) is 1.38. The summed E-state index contributed by atoms with van der Waals surface area (Å²) in [6, 6.07) is 15.6. The summed E-state index contributed by atoms with van der Waals surface area (Å²) in [4.78, 5) is 29.8. The number of aryl methyl sites for hydroxylation is 3. The Morgan fingerprint density at radius 3 is 2.53 bits per heavy atom. The highest BCUT2D eigenvalue weighted by molar-refractivity contribution is 8.18. The fourth-order valence-electron chi connectivity index (χ4n) is 3.94. The number of carbonyl (C=O) groups excluding carboxylic acids is 2. The SMILES string of the molecule is CCc1ccc(N=C2NC(=O)/C(=C/c3cc(C)n(-c4cc(C(=O)OC)ccc4C)c3C)S2)cc1. The molecule has 1 N–H and O–H groups in total. The Labute approximate surface area is 203 Å². The summed E-state index contributed by atoms with van der Waals surface area (Å²) in [5.74, 6) is -0.538. The number of amides is 1. The van der Waals surface area contributed by atoms with Gasteiger partial charge in [-0.25, -0.2) is 9.79 Å². The summed E-state index contributed by atoms with van der Waals surface area (Å²) in [6.45, 7) is 8.13. The number of hydrogen-bond donors (Lipinski definition) is 1. The first-order valence-corrected chi connectivity index (χ1v) is 11.9. The first kappa shape index (κ1) is 23.6. The molecule has 0 radical (unpaired) electrons. The highest BCUT2D eigenvalue weighted by Crippen LogP contribution is 2.31. The minimum Gasteiger partial charge on any atom is -0.465 e. The topological polar surface area (TPSA) is 72.7 Å². The van der Waals surface area contributed by atoms with Crippen molar-refractivity contribution in [2.75, 3.05) is 7.11 Å². The van der Waals surface area contributed by atoms with Crippen molar-refractivity contribution < 1.29 is 14.3 Å². The predicted molar refractivity (Wildman–Crippen MR) is 138 cm³/mol. The van der Waals surface area contributed by atoms with E-state index in [1.165, 1.54) is 24.4 Å². The van der Waals surface area contributed by atoms with Gasteiger partial charge < -0.3 is 14.6 Å². The number of aliphatic imine (C=N–C) groups is 1. The van der Waals surface area contributed by atoms with Crippen LogP contribution >= 0.6 is 11.8 Å². The summed E-state index contributed by atoms with van der Waals surface area (Å²) < 4.78 is 6.97. The molecule has 7 heteroatoms. The van der Waals surface area contributed by atoms with Gasteiger partial charge in [0.1, 0.15) is 0 Å². The number of rotatable bonds is 5. The van der Waals surface area contributed by atoms with Crippen molar-refractivity contribution in [2.45, 2.75) is 34.1 Å². The third kappa shape index (κ3) is 4.70. The van der Waals surface area contributed by atoms with Crippen molar-refractivity contribution in [2.24, 2.45) is 4.99 Å². The van der Waals surface area contributed by atoms with Gasteiger partial charge in [-0.1, -0.05) is 25.1 Å². The number of ether oxygens (including phenoxy) is 1. The smallest absolute Gasteiger partial charge is 0.337 e. The van der Waals surface area contributed by atoms with Gasteiger partial charge in [-0.3, -0.25) is 4.79 Å². The van der Waals surface area contributed by atoms with E-state index < -0.39 is 0 Å². The van der Waals surface area contributed by atoms with E-state index in [2.05, 4.69) is 21.8 Å². The average molecular weight is 474 g/mol. The number of nitrogens with one attached hydrogen (secondary N) is 1. The molecule has 1 aliphatic rings.